The molecule has 1 saturated carbocycles. The SMILES string of the molecule is CN(C)C(=O)Cc1ccccc1NC(=O)N(Cc1cccc(O)c1)C1CC1. The number of nitrogens with zero attached hydrogens (tertiary/aromatic N) is 2. The molecule has 1 aliphatic rings. The Kier molecular flexibility index (Phi) is 5.64. The number of likely N-dealkylation sites (N-methyl/N-ethyl adjacent to an activating group) is 1. The lowest BCUT2D eigenvalue weighted by Crippen LogP contribution is -2.36. The van der Waals surface area contributed by atoms with Gasteiger partial charge in [-0.05, 0) is 42.2 Å². The van der Waals surface area contributed by atoms with Gasteiger partial charge in [-0.15, -0.1) is 0 Å². The molecule has 0 bridgehead atoms. The lowest BCUT2D eigenvalue weighted by atomic mass is 10.1. The van der Waals surface area contributed by atoms with Crippen molar-refractivity contribution in [1.82, 2.24) is 9.80 Å². The summed E-state index contributed by atoms with van der Waals surface area (Å²) in [7, 11) is 3.43. The van der Waals surface area contributed by atoms with E-state index >= 15 is 0 Å². The van der Waals surface area contributed by atoms with Crippen LogP contribution in [-0.4, -0.2) is 47.0 Å². The third-order valence-electron chi connectivity index (χ3n) is 4.61. The van der Waals surface area contributed by atoms with Crippen LogP contribution in [0.15, 0.2) is 48.5 Å². The van der Waals surface area contributed by atoms with Crippen LogP contribution in [0.1, 0.15) is 24.0 Å². The monoisotopic (exact) mass is 367 g/mol. The molecule has 0 radical (unpaired) electrons. The third kappa shape index (κ3) is 5.00. The van der Waals surface area contributed by atoms with E-state index in [1.807, 2.05) is 30.3 Å². The maximum absolute atomic E-state index is 12.9. The Hall–Kier alpha value is -3.02. The second-order valence-corrected chi connectivity index (χ2v) is 7.08. The second-order valence-electron chi connectivity index (χ2n) is 7.08. The molecule has 0 saturated heterocycles. The summed E-state index contributed by atoms with van der Waals surface area (Å²) in [4.78, 5) is 28.3. The first-order chi connectivity index (χ1) is 12.9. The first-order valence-corrected chi connectivity index (χ1v) is 9.07. The van der Waals surface area contributed by atoms with E-state index in [0.29, 0.717) is 12.2 Å². The summed E-state index contributed by atoms with van der Waals surface area (Å²) in [6, 6.07) is 14.4. The summed E-state index contributed by atoms with van der Waals surface area (Å²) in [6.07, 6.45) is 2.19. The number of benzene rings is 2. The molecule has 6 heteroatoms. The van der Waals surface area contributed by atoms with Crippen LogP contribution in [0.3, 0.4) is 0 Å². The van der Waals surface area contributed by atoms with Crippen LogP contribution in [0.4, 0.5) is 10.5 Å². The molecule has 1 fully saturated rings. The van der Waals surface area contributed by atoms with Crippen molar-refractivity contribution < 1.29 is 14.7 Å². The highest BCUT2D eigenvalue weighted by molar-refractivity contribution is 5.91. The van der Waals surface area contributed by atoms with E-state index in [2.05, 4.69) is 5.32 Å². The van der Waals surface area contributed by atoms with E-state index < -0.39 is 0 Å². The van der Waals surface area contributed by atoms with Crippen molar-refractivity contribution in [2.24, 2.45) is 0 Å². The molecular formula is C21H25N3O3. The lowest BCUT2D eigenvalue weighted by Gasteiger charge is -2.24. The number of para-hydroxylation sites is 1. The number of carbonyl (C=O) groups excluding carboxylic acids is 2. The molecule has 0 aromatic heterocycles. The molecule has 2 aromatic rings. The molecule has 0 unspecified atom stereocenters. The Bertz CT molecular complexity index is 831. The molecule has 0 atom stereocenters. The summed E-state index contributed by atoms with van der Waals surface area (Å²) in [5.74, 6) is 0.173. The maximum Gasteiger partial charge on any atom is 0.322 e. The molecule has 142 valence electrons. The molecule has 1 aliphatic carbocycles. The van der Waals surface area contributed by atoms with Crippen LogP contribution in [0.2, 0.25) is 0 Å². The number of hydrogen-bond donors (Lipinski definition) is 2. The zero-order valence-corrected chi connectivity index (χ0v) is 15.7. The van der Waals surface area contributed by atoms with Gasteiger partial charge in [-0.25, -0.2) is 4.79 Å². The minimum Gasteiger partial charge on any atom is -0.508 e. The van der Waals surface area contributed by atoms with Gasteiger partial charge in [0.1, 0.15) is 5.75 Å². The van der Waals surface area contributed by atoms with Gasteiger partial charge in [0, 0.05) is 32.4 Å². The molecule has 27 heavy (non-hydrogen) atoms. The highest BCUT2D eigenvalue weighted by atomic mass is 16.3. The van der Waals surface area contributed by atoms with E-state index in [0.717, 1.165) is 24.0 Å². The Morgan fingerprint density at radius 3 is 2.52 bits per heavy atom. The molecule has 0 spiro atoms. The minimum atomic E-state index is -0.189. The zero-order valence-electron chi connectivity index (χ0n) is 15.7. The van der Waals surface area contributed by atoms with Gasteiger partial charge in [-0.1, -0.05) is 30.3 Å². The Balaban J connectivity index is 1.74. The van der Waals surface area contributed by atoms with Crippen LogP contribution >= 0.6 is 0 Å². The van der Waals surface area contributed by atoms with E-state index in [1.165, 1.54) is 4.90 Å². The molecule has 6 nitrogen and oxygen atoms in total. The summed E-state index contributed by atoms with van der Waals surface area (Å²) in [5.41, 5.74) is 2.32. The number of urea groups is 1. The number of aromatic hydroxyl groups is 1. The fourth-order valence-electron chi connectivity index (χ4n) is 2.91. The number of amides is 3. The quantitative estimate of drug-likeness (QED) is 0.823. The zero-order chi connectivity index (χ0) is 19.4. The first kappa shape index (κ1) is 18.8. The van der Waals surface area contributed by atoms with Crippen molar-refractivity contribution >= 4 is 17.6 Å². The summed E-state index contributed by atoms with van der Waals surface area (Å²) in [5, 5.41) is 12.6. The van der Waals surface area contributed by atoms with E-state index in [4.69, 9.17) is 0 Å². The number of rotatable bonds is 6. The van der Waals surface area contributed by atoms with Gasteiger partial charge in [-0.3, -0.25) is 4.79 Å². The average Bonchev–Trinajstić information content (AvgIpc) is 3.46. The number of carbonyl (C=O) groups is 2. The standard InChI is InChI=1S/C21H25N3O3/c1-23(2)20(26)13-16-7-3-4-9-19(16)22-21(27)24(17-10-11-17)14-15-6-5-8-18(25)12-15/h3-9,12,17,25H,10-11,13-14H2,1-2H3,(H,22,27). The van der Waals surface area contributed by atoms with E-state index in [1.54, 1.807) is 37.2 Å². The molecular weight excluding hydrogens is 342 g/mol. The minimum absolute atomic E-state index is 0.0180. The molecule has 0 aliphatic heterocycles. The van der Waals surface area contributed by atoms with Crippen LogP contribution in [0.5, 0.6) is 5.75 Å². The predicted molar refractivity (Wildman–Crippen MR) is 105 cm³/mol. The number of hydrogen-bond acceptors (Lipinski definition) is 3. The lowest BCUT2D eigenvalue weighted by molar-refractivity contribution is -0.127. The molecule has 2 N–H and O–H groups in total. The highest BCUT2D eigenvalue weighted by Crippen LogP contribution is 2.30. The smallest absolute Gasteiger partial charge is 0.322 e. The summed E-state index contributed by atoms with van der Waals surface area (Å²) < 4.78 is 0. The number of phenolic OH excluding ortho intramolecular Hbond substituents is 1. The topological polar surface area (TPSA) is 72.9 Å². The van der Waals surface area contributed by atoms with Gasteiger partial charge < -0.3 is 20.2 Å². The van der Waals surface area contributed by atoms with Crippen molar-refractivity contribution in [2.45, 2.75) is 31.8 Å². The van der Waals surface area contributed by atoms with Crippen LogP contribution in [0, 0.1) is 0 Å². The van der Waals surface area contributed by atoms with Crippen LogP contribution < -0.4 is 5.32 Å². The first-order valence-electron chi connectivity index (χ1n) is 9.07. The van der Waals surface area contributed by atoms with Crippen molar-refractivity contribution in [3.63, 3.8) is 0 Å². The van der Waals surface area contributed by atoms with Gasteiger partial charge in [0.05, 0.1) is 6.42 Å². The fraction of sp³-hybridized carbons (Fsp3) is 0.333. The van der Waals surface area contributed by atoms with Crippen LogP contribution in [-0.2, 0) is 17.8 Å². The van der Waals surface area contributed by atoms with Gasteiger partial charge in [-0.2, -0.15) is 0 Å². The van der Waals surface area contributed by atoms with E-state index in [-0.39, 0.29) is 30.2 Å². The third-order valence-corrected chi connectivity index (χ3v) is 4.61. The number of phenols is 1. The molecule has 2 aromatic carbocycles. The van der Waals surface area contributed by atoms with Crippen molar-refractivity contribution in [2.75, 3.05) is 19.4 Å². The maximum atomic E-state index is 12.9. The average molecular weight is 367 g/mol. The van der Waals surface area contributed by atoms with Crippen molar-refractivity contribution in [1.29, 1.82) is 0 Å². The summed E-state index contributed by atoms with van der Waals surface area (Å²) >= 11 is 0. The second kappa shape index (κ2) is 8.12. The molecule has 3 amide bonds. The van der Waals surface area contributed by atoms with Crippen molar-refractivity contribution in [3.05, 3.63) is 59.7 Å². The largest absolute Gasteiger partial charge is 0.508 e. The van der Waals surface area contributed by atoms with Gasteiger partial charge in [0.15, 0.2) is 0 Å². The molecule has 3 rings (SSSR count). The Labute approximate surface area is 159 Å². The summed E-state index contributed by atoms with van der Waals surface area (Å²) in [6.45, 7) is 0.434. The van der Waals surface area contributed by atoms with E-state index in [9.17, 15) is 14.7 Å². The highest BCUT2D eigenvalue weighted by Gasteiger charge is 2.33. The predicted octanol–water partition coefficient (Wildman–Crippen LogP) is 3.22. The fourth-order valence-corrected chi connectivity index (χ4v) is 2.91. The normalized spacial score (nSPS) is 13.1. The molecule has 0 heterocycles. The van der Waals surface area contributed by atoms with Crippen molar-refractivity contribution in [3.8, 4) is 5.75 Å². The number of nitrogens with one attached hydrogen (secondary N) is 1. The van der Waals surface area contributed by atoms with Gasteiger partial charge >= 0.3 is 6.03 Å². The Morgan fingerprint density at radius 1 is 1.11 bits per heavy atom. The Morgan fingerprint density at radius 2 is 1.85 bits per heavy atom. The number of anilines is 1. The van der Waals surface area contributed by atoms with Gasteiger partial charge in [0.2, 0.25) is 5.91 Å². The van der Waals surface area contributed by atoms with Gasteiger partial charge in [0.25, 0.3) is 0 Å². The van der Waals surface area contributed by atoms with Crippen LogP contribution in [0.25, 0.3) is 0 Å².